The number of para-hydroxylation sites is 1. The minimum absolute atomic E-state index is 0.141. The highest BCUT2D eigenvalue weighted by Crippen LogP contribution is 2.53. The van der Waals surface area contributed by atoms with Crippen LogP contribution in [0, 0.1) is 5.82 Å². The molecule has 0 radical (unpaired) electrons. The molecule has 6 rings (SSSR count). The monoisotopic (exact) mass is 677 g/mol. The number of amides is 3. The van der Waals surface area contributed by atoms with E-state index in [0.717, 1.165) is 18.2 Å². The van der Waals surface area contributed by atoms with Crippen LogP contribution in [-0.2, 0) is 21.2 Å². The van der Waals surface area contributed by atoms with Crippen LogP contribution >= 0.6 is 0 Å². The van der Waals surface area contributed by atoms with Crippen LogP contribution in [0.4, 0.5) is 28.2 Å². The summed E-state index contributed by atoms with van der Waals surface area (Å²) in [6, 6.07) is 17.1. The van der Waals surface area contributed by atoms with Gasteiger partial charge in [0.2, 0.25) is 0 Å². The Morgan fingerprint density at radius 2 is 1.65 bits per heavy atom. The molecule has 1 aromatic heterocycles. The second-order valence-electron chi connectivity index (χ2n) is 13.2. The summed E-state index contributed by atoms with van der Waals surface area (Å²) in [5, 5.41) is 10.7. The highest BCUT2D eigenvalue weighted by atomic mass is 19.4. The zero-order valence-electron chi connectivity index (χ0n) is 27.3. The van der Waals surface area contributed by atoms with E-state index in [1.54, 1.807) is 32.4 Å². The van der Waals surface area contributed by atoms with E-state index < -0.39 is 58.6 Å². The lowest BCUT2D eigenvalue weighted by atomic mass is 9.79. The lowest BCUT2D eigenvalue weighted by molar-refractivity contribution is -0.137. The van der Waals surface area contributed by atoms with E-state index in [1.165, 1.54) is 35.2 Å². The number of rotatable bonds is 7. The smallest absolute Gasteiger partial charge is 0.416 e. The summed E-state index contributed by atoms with van der Waals surface area (Å²) in [5.74, 6) is -2.56. The second-order valence-corrected chi connectivity index (χ2v) is 13.2. The van der Waals surface area contributed by atoms with Crippen LogP contribution in [0.1, 0.15) is 79.2 Å². The molecule has 1 saturated carbocycles. The molecule has 9 nitrogen and oxygen atoms in total. The number of hydrogen-bond donors (Lipinski definition) is 2. The van der Waals surface area contributed by atoms with Gasteiger partial charge in [-0.15, -0.1) is 0 Å². The van der Waals surface area contributed by atoms with Gasteiger partial charge >= 0.3 is 12.3 Å². The minimum atomic E-state index is -4.69. The van der Waals surface area contributed by atoms with Crippen LogP contribution in [0.15, 0.2) is 78.9 Å². The van der Waals surface area contributed by atoms with Crippen molar-refractivity contribution in [3.63, 3.8) is 0 Å². The quantitative estimate of drug-likeness (QED) is 0.209. The molecule has 0 unspecified atom stereocenters. The number of alkyl carbamates (subject to hydrolysis) is 1. The number of nitrogens with one attached hydrogen (secondary N) is 2. The fourth-order valence-electron chi connectivity index (χ4n) is 6.24. The molecule has 3 amide bonds. The predicted octanol–water partition coefficient (Wildman–Crippen LogP) is 6.84. The number of anilines is 1. The lowest BCUT2D eigenvalue weighted by Crippen LogP contribution is -2.55. The van der Waals surface area contributed by atoms with Crippen LogP contribution < -0.4 is 15.5 Å². The molecular formula is C36H35F4N5O4. The van der Waals surface area contributed by atoms with E-state index in [4.69, 9.17) is 9.84 Å². The zero-order chi connectivity index (χ0) is 35.3. The van der Waals surface area contributed by atoms with Gasteiger partial charge in [0.05, 0.1) is 22.5 Å². The van der Waals surface area contributed by atoms with Crippen LogP contribution in [0.2, 0.25) is 0 Å². The largest absolute Gasteiger partial charge is 0.444 e. The van der Waals surface area contributed by atoms with E-state index in [2.05, 4.69) is 10.6 Å². The van der Waals surface area contributed by atoms with Crippen molar-refractivity contribution in [2.75, 3.05) is 11.4 Å². The number of carbonyl (C=O) groups is 3. The van der Waals surface area contributed by atoms with Crippen molar-refractivity contribution in [2.24, 2.45) is 0 Å². The average molecular weight is 678 g/mol. The van der Waals surface area contributed by atoms with Crippen LogP contribution in [0.5, 0.6) is 0 Å². The van der Waals surface area contributed by atoms with Crippen molar-refractivity contribution in [1.29, 1.82) is 0 Å². The van der Waals surface area contributed by atoms with Crippen LogP contribution in [0.3, 0.4) is 0 Å². The van der Waals surface area contributed by atoms with Crippen molar-refractivity contribution in [3.05, 3.63) is 113 Å². The van der Waals surface area contributed by atoms with E-state index in [0.29, 0.717) is 41.2 Å². The summed E-state index contributed by atoms with van der Waals surface area (Å²) >= 11 is 0. The normalized spacial score (nSPS) is 18.4. The molecule has 0 saturated heterocycles. The first-order valence-electron chi connectivity index (χ1n) is 15.9. The van der Waals surface area contributed by atoms with Gasteiger partial charge in [-0.3, -0.25) is 14.5 Å². The molecule has 4 aromatic rings. The first kappa shape index (κ1) is 33.7. The van der Waals surface area contributed by atoms with Gasteiger partial charge in [-0.2, -0.15) is 18.3 Å². The van der Waals surface area contributed by atoms with Crippen LogP contribution in [0.25, 0.3) is 5.69 Å². The first-order valence-corrected chi connectivity index (χ1v) is 15.9. The van der Waals surface area contributed by atoms with Crippen molar-refractivity contribution in [1.82, 2.24) is 20.4 Å². The number of likely N-dealkylation sites (N-methyl/N-ethyl adjacent to an activating group) is 1. The third-order valence-corrected chi connectivity index (χ3v) is 8.56. The summed E-state index contributed by atoms with van der Waals surface area (Å²) < 4.78 is 62.1. The number of ether oxygens (including phenoxy) is 1. The number of hydrogen-bond acceptors (Lipinski definition) is 5. The van der Waals surface area contributed by atoms with Gasteiger partial charge in [-0.1, -0.05) is 36.4 Å². The highest BCUT2D eigenvalue weighted by molar-refractivity contribution is 6.05. The minimum Gasteiger partial charge on any atom is -0.444 e. The second kappa shape index (κ2) is 12.4. The summed E-state index contributed by atoms with van der Waals surface area (Å²) in [4.78, 5) is 42.8. The summed E-state index contributed by atoms with van der Waals surface area (Å²) in [6.45, 7) is 7.11. The van der Waals surface area contributed by atoms with Gasteiger partial charge in [0.25, 0.3) is 11.8 Å². The summed E-state index contributed by atoms with van der Waals surface area (Å²) in [5.41, 5.74) is -1.10. The fraction of sp³-hybridized carbons (Fsp3) is 0.333. The first-order chi connectivity index (χ1) is 23.1. The van der Waals surface area contributed by atoms with Gasteiger partial charge < -0.3 is 15.4 Å². The molecule has 2 heterocycles. The van der Waals surface area contributed by atoms with Crippen molar-refractivity contribution < 1.29 is 36.7 Å². The third-order valence-electron chi connectivity index (χ3n) is 8.56. The Kier molecular flexibility index (Phi) is 8.49. The molecule has 13 heteroatoms. The van der Waals surface area contributed by atoms with E-state index in [9.17, 15) is 31.9 Å². The van der Waals surface area contributed by atoms with Gasteiger partial charge in [0.1, 0.15) is 23.3 Å². The van der Waals surface area contributed by atoms with E-state index in [1.807, 2.05) is 30.3 Å². The molecule has 1 fully saturated rings. The molecule has 2 atom stereocenters. The number of carbonyl (C=O) groups excluding carboxylic acids is 3. The SMILES string of the molecule is CCN1C(=O)[C@@H](NC(=O)c2cccc(C(F)(F)F)c2)[C@H](c2ccc(F)cc2)c2c(C3(NC(=O)OC(C)(C)C)CC3)nn(-c3ccccc3)c21. The molecule has 1 aliphatic carbocycles. The van der Waals surface area contributed by atoms with Crippen molar-refractivity contribution >= 4 is 23.7 Å². The Balaban J connectivity index is 1.55. The average Bonchev–Trinajstić information content (AvgIpc) is 3.71. The van der Waals surface area contributed by atoms with Gasteiger partial charge in [0, 0.05) is 23.6 Å². The van der Waals surface area contributed by atoms with E-state index >= 15 is 0 Å². The Morgan fingerprint density at radius 1 is 0.980 bits per heavy atom. The van der Waals surface area contributed by atoms with Crippen molar-refractivity contribution in [2.45, 2.75) is 69.8 Å². The molecule has 2 N–H and O–H groups in total. The van der Waals surface area contributed by atoms with Gasteiger partial charge in [0.15, 0.2) is 0 Å². The van der Waals surface area contributed by atoms with Crippen molar-refractivity contribution in [3.8, 4) is 5.69 Å². The number of fused-ring (bicyclic) bond motifs is 1. The van der Waals surface area contributed by atoms with Crippen LogP contribution in [-0.4, -0.2) is 45.9 Å². The van der Waals surface area contributed by atoms with Gasteiger partial charge in [-0.05, 0) is 88.6 Å². The molecular weight excluding hydrogens is 642 g/mol. The molecule has 0 bridgehead atoms. The summed E-state index contributed by atoms with van der Waals surface area (Å²) in [6.07, 6.45) is -4.38. The molecule has 49 heavy (non-hydrogen) atoms. The maximum Gasteiger partial charge on any atom is 0.416 e. The number of benzene rings is 3. The highest BCUT2D eigenvalue weighted by Gasteiger charge is 2.55. The molecule has 2 aliphatic rings. The zero-order valence-corrected chi connectivity index (χ0v) is 27.3. The Morgan fingerprint density at radius 3 is 2.24 bits per heavy atom. The fourth-order valence-corrected chi connectivity index (χ4v) is 6.24. The molecule has 256 valence electrons. The number of halogens is 4. The van der Waals surface area contributed by atoms with E-state index in [-0.39, 0.29) is 12.1 Å². The molecule has 1 aliphatic heterocycles. The Hall–Kier alpha value is -5.20. The standard InChI is InChI=1S/C36H35F4N5O4/c1-5-44-31-27(29(43-45(31)25-12-7-6-8-13-25)35(18-19-35)42-33(48)49-34(2,3)4)26(21-14-16-24(37)17-15-21)28(32(44)47)41-30(46)22-10-9-11-23(20-22)36(38,39)40/h6-17,20,26,28H,5,18-19H2,1-4H3,(H,41,46)(H,42,48)/t26-,28+/m1/s1. The molecule has 3 aromatic carbocycles. The third kappa shape index (κ3) is 6.61. The predicted molar refractivity (Wildman–Crippen MR) is 173 cm³/mol. The number of aromatic nitrogens is 2. The summed E-state index contributed by atoms with van der Waals surface area (Å²) in [7, 11) is 0. The molecule has 0 spiro atoms. The topological polar surface area (TPSA) is 106 Å². The maximum absolute atomic E-state index is 14.5. The van der Waals surface area contributed by atoms with Gasteiger partial charge in [-0.25, -0.2) is 13.9 Å². The number of alkyl halides is 3. The lowest BCUT2D eigenvalue weighted by Gasteiger charge is -2.39. The number of nitrogens with zero attached hydrogens (tertiary/aromatic N) is 3. The maximum atomic E-state index is 14.5. The Labute approximate surface area is 280 Å². The Bertz CT molecular complexity index is 1900.